The van der Waals surface area contributed by atoms with E-state index in [4.69, 9.17) is 12.2 Å². The van der Waals surface area contributed by atoms with Gasteiger partial charge in [-0.05, 0) is 17.4 Å². The number of rotatable bonds is 4. The molecule has 1 aliphatic heterocycles. The Morgan fingerprint density at radius 1 is 1.48 bits per heavy atom. The SMILES string of the molecule is C=CCN1C(=O)/C(=C/c2cccc([N+](=O)[O-])c2[O-])SC1=S. The normalized spacial score (nSPS) is 16.6. The quantitative estimate of drug-likeness (QED) is 0.277. The third-order valence-electron chi connectivity index (χ3n) is 2.69. The number of nitro benzene ring substituents is 1. The van der Waals surface area contributed by atoms with E-state index in [9.17, 15) is 20.0 Å². The van der Waals surface area contributed by atoms with Crippen LogP contribution in [0.25, 0.3) is 6.08 Å². The molecule has 1 heterocycles. The van der Waals surface area contributed by atoms with Crippen LogP contribution in [0.2, 0.25) is 0 Å². The number of nitrogens with zero attached hydrogens (tertiary/aromatic N) is 2. The van der Waals surface area contributed by atoms with Gasteiger partial charge < -0.3 is 5.11 Å². The zero-order valence-corrected chi connectivity index (χ0v) is 12.3. The van der Waals surface area contributed by atoms with Crippen LogP contribution in [0.5, 0.6) is 5.75 Å². The summed E-state index contributed by atoms with van der Waals surface area (Å²) in [7, 11) is 0. The van der Waals surface area contributed by atoms with Gasteiger partial charge in [-0.1, -0.05) is 42.2 Å². The molecular formula is C13H9N2O4S2-. The zero-order chi connectivity index (χ0) is 15.6. The van der Waals surface area contributed by atoms with Crippen molar-refractivity contribution < 1.29 is 14.8 Å². The van der Waals surface area contributed by atoms with E-state index in [1.54, 1.807) is 6.08 Å². The van der Waals surface area contributed by atoms with Gasteiger partial charge in [0.1, 0.15) is 4.32 Å². The molecule has 21 heavy (non-hydrogen) atoms. The van der Waals surface area contributed by atoms with Gasteiger partial charge in [0, 0.05) is 12.6 Å². The van der Waals surface area contributed by atoms with Gasteiger partial charge in [-0.2, -0.15) is 0 Å². The van der Waals surface area contributed by atoms with Crippen molar-refractivity contribution >= 4 is 46.0 Å². The minimum atomic E-state index is -0.747. The summed E-state index contributed by atoms with van der Waals surface area (Å²) < 4.78 is 0.365. The second-order valence-corrected chi connectivity index (χ2v) is 5.71. The molecule has 0 unspecified atom stereocenters. The van der Waals surface area contributed by atoms with E-state index in [1.165, 1.54) is 23.1 Å². The summed E-state index contributed by atoms with van der Waals surface area (Å²) in [5, 5.41) is 22.7. The molecule has 0 bridgehead atoms. The summed E-state index contributed by atoms with van der Waals surface area (Å²) >= 11 is 6.12. The smallest absolute Gasteiger partial charge is 0.266 e. The number of hydrogen-bond donors (Lipinski definition) is 0. The lowest BCUT2D eigenvalue weighted by atomic mass is 10.1. The van der Waals surface area contributed by atoms with Crippen molar-refractivity contribution in [3.05, 3.63) is 51.4 Å². The number of thiocarbonyl (C=S) groups is 1. The molecule has 0 saturated carbocycles. The fraction of sp³-hybridized carbons (Fsp3) is 0.0769. The second-order valence-electron chi connectivity index (χ2n) is 4.03. The minimum Gasteiger partial charge on any atom is -0.867 e. The zero-order valence-electron chi connectivity index (χ0n) is 10.6. The highest BCUT2D eigenvalue weighted by Crippen LogP contribution is 2.35. The Morgan fingerprint density at radius 2 is 2.19 bits per heavy atom. The van der Waals surface area contributed by atoms with Crippen LogP contribution in [0.1, 0.15) is 5.56 Å². The summed E-state index contributed by atoms with van der Waals surface area (Å²) in [6.45, 7) is 3.82. The van der Waals surface area contributed by atoms with E-state index in [0.717, 1.165) is 17.8 Å². The minimum absolute atomic E-state index is 0.0864. The molecule has 6 nitrogen and oxygen atoms in total. The van der Waals surface area contributed by atoms with Crippen molar-refractivity contribution in [1.29, 1.82) is 0 Å². The summed E-state index contributed by atoms with van der Waals surface area (Å²) in [5.74, 6) is -1.06. The van der Waals surface area contributed by atoms with Crippen molar-refractivity contribution in [2.75, 3.05) is 6.54 Å². The van der Waals surface area contributed by atoms with Crippen LogP contribution in [0.15, 0.2) is 35.8 Å². The molecule has 0 spiro atoms. The van der Waals surface area contributed by atoms with Gasteiger partial charge in [-0.15, -0.1) is 6.58 Å². The summed E-state index contributed by atoms with van der Waals surface area (Å²) in [5.41, 5.74) is -0.436. The number of hydrogen-bond acceptors (Lipinski definition) is 6. The van der Waals surface area contributed by atoms with Gasteiger partial charge >= 0.3 is 0 Å². The molecule has 1 aliphatic rings. The first-order valence-electron chi connectivity index (χ1n) is 5.76. The summed E-state index contributed by atoms with van der Waals surface area (Å²) in [6, 6.07) is 3.95. The Hall–Kier alpha value is -2.19. The fourth-order valence-electron chi connectivity index (χ4n) is 1.73. The highest BCUT2D eigenvalue weighted by molar-refractivity contribution is 8.26. The molecule has 8 heteroatoms. The predicted molar refractivity (Wildman–Crippen MR) is 82.6 cm³/mol. The Labute approximate surface area is 129 Å². The number of para-hydroxylation sites is 1. The first kappa shape index (κ1) is 15.2. The van der Waals surface area contributed by atoms with Crippen molar-refractivity contribution in [1.82, 2.24) is 4.90 Å². The lowest BCUT2D eigenvalue weighted by Crippen LogP contribution is -2.27. The lowest BCUT2D eigenvalue weighted by molar-refractivity contribution is -0.398. The van der Waals surface area contributed by atoms with Crippen LogP contribution in [-0.2, 0) is 4.79 Å². The fourth-order valence-corrected chi connectivity index (χ4v) is 2.99. The average Bonchev–Trinajstić information content (AvgIpc) is 2.69. The predicted octanol–water partition coefficient (Wildman–Crippen LogP) is 2.06. The van der Waals surface area contributed by atoms with Crippen LogP contribution in [0.4, 0.5) is 5.69 Å². The molecule has 1 aromatic rings. The molecule has 0 aromatic heterocycles. The number of carbonyl (C=O) groups is 1. The van der Waals surface area contributed by atoms with Gasteiger partial charge in [0.05, 0.1) is 9.83 Å². The van der Waals surface area contributed by atoms with E-state index >= 15 is 0 Å². The summed E-state index contributed by atoms with van der Waals surface area (Å²) in [4.78, 5) is 23.7. The van der Waals surface area contributed by atoms with Gasteiger partial charge in [-0.3, -0.25) is 19.8 Å². The highest BCUT2D eigenvalue weighted by atomic mass is 32.2. The molecule has 0 atom stereocenters. The third-order valence-corrected chi connectivity index (χ3v) is 4.07. The van der Waals surface area contributed by atoms with Crippen molar-refractivity contribution in [3.63, 3.8) is 0 Å². The van der Waals surface area contributed by atoms with Crippen LogP contribution in [0.3, 0.4) is 0 Å². The molecule has 1 aromatic carbocycles. The number of benzene rings is 1. The lowest BCUT2D eigenvalue weighted by Gasteiger charge is -2.11. The van der Waals surface area contributed by atoms with Gasteiger partial charge in [0.25, 0.3) is 11.6 Å². The Balaban J connectivity index is 2.39. The maximum Gasteiger partial charge on any atom is 0.266 e. The van der Waals surface area contributed by atoms with Crippen molar-refractivity contribution in [2.24, 2.45) is 0 Å². The van der Waals surface area contributed by atoms with Crippen molar-refractivity contribution in [2.45, 2.75) is 0 Å². The average molecular weight is 321 g/mol. The topological polar surface area (TPSA) is 86.5 Å². The molecule has 0 radical (unpaired) electrons. The Bertz CT molecular complexity index is 685. The van der Waals surface area contributed by atoms with Crippen molar-refractivity contribution in [3.8, 4) is 5.75 Å². The highest BCUT2D eigenvalue weighted by Gasteiger charge is 2.31. The molecular weight excluding hydrogens is 312 g/mol. The van der Waals surface area contributed by atoms with Crippen LogP contribution in [0, 0.1) is 10.1 Å². The molecule has 108 valence electrons. The van der Waals surface area contributed by atoms with Crippen LogP contribution < -0.4 is 5.11 Å². The number of carbonyl (C=O) groups excluding carboxylic acids is 1. The molecule has 1 fully saturated rings. The first-order chi connectivity index (χ1) is 9.95. The van der Waals surface area contributed by atoms with Gasteiger partial charge in [-0.25, -0.2) is 0 Å². The molecule has 0 N–H and O–H groups in total. The van der Waals surface area contributed by atoms with Gasteiger partial charge in [0.2, 0.25) is 0 Å². The first-order valence-corrected chi connectivity index (χ1v) is 6.99. The van der Waals surface area contributed by atoms with Crippen LogP contribution >= 0.6 is 24.0 Å². The molecule has 1 saturated heterocycles. The number of nitro groups is 1. The monoisotopic (exact) mass is 321 g/mol. The standard InChI is InChI=1S/C13H10N2O4S2/c1-2-6-14-12(17)10(21-13(14)20)7-8-4-3-5-9(11(8)16)15(18)19/h2-5,7,16H,1,6H2/p-1/b10-7-. The molecule has 0 aliphatic carbocycles. The van der Waals surface area contributed by atoms with Gasteiger partial charge in [0.15, 0.2) is 0 Å². The number of amides is 1. The largest absolute Gasteiger partial charge is 0.867 e. The summed E-state index contributed by atoms with van der Waals surface area (Å²) in [6.07, 6.45) is 2.87. The molecule has 2 rings (SSSR count). The number of thioether (sulfide) groups is 1. The maximum absolute atomic E-state index is 12.1. The Kier molecular flexibility index (Phi) is 4.39. The van der Waals surface area contributed by atoms with E-state index in [0.29, 0.717) is 4.32 Å². The maximum atomic E-state index is 12.1. The second kappa shape index (κ2) is 6.06. The Morgan fingerprint density at radius 3 is 2.81 bits per heavy atom. The van der Waals surface area contributed by atoms with E-state index in [2.05, 4.69) is 6.58 Å². The van der Waals surface area contributed by atoms with Crippen LogP contribution in [-0.4, -0.2) is 26.6 Å². The molecule has 1 amide bonds. The third kappa shape index (κ3) is 2.96. The van der Waals surface area contributed by atoms with E-state index < -0.39 is 16.4 Å². The van der Waals surface area contributed by atoms with E-state index in [-0.39, 0.29) is 22.9 Å². The van der Waals surface area contributed by atoms with E-state index in [1.807, 2.05) is 0 Å².